The summed E-state index contributed by atoms with van der Waals surface area (Å²) in [5.74, 6) is 0.138. The third-order valence-electron chi connectivity index (χ3n) is 4.61. The predicted molar refractivity (Wildman–Crippen MR) is 103 cm³/mol. The van der Waals surface area contributed by atoms with Crippen molar-refractivity contribution < 1.29 is 9.90 Å². The second kappa shape index (κ2) is 8.83. The van der Waals surface area contributed by atoms with Gasteiger partial charge >= 0.3 is 0 Å². The number of aliphatic hydroxyl groups is 1. The lowest BCUT2D eigenvalue weighted by molar-refractivity contribution is -0.133. The monoisotopic (exact) mass is 343 g/mol. The number of nitrogens with zero attached hydrogens (tertiary/aromatic N) is 1. The number of aromatic nitrogens is 1. The first-order valence-corrected chi connectivity index (χ1v) is 8.87. The molecule has 1 atom stereocenters. The van der Waals surface area contributed by atoms with Crippen LogP contribution in [0.15, 0.2) is 30.3 Å². The van der Waals surface area contributed by atoms with Gasteiger partial charge in [-0.05, 0) is 32.4 Å². The maximum atomic E-state index is 12.6. The highest BCUT2D eigenvalue weighted by molar-refractivity contribution is 5.94. The van der Waals surface area contributed by atoms with Crippen LogP contribution in [0.4, 0.5) is 0 Å². The van der Waals surface area contributed by atoms with Gasteiger partial charge in [0.25, 0.3) is 0 Å². The molecule has 1 aliphatic heterocycles. The van der Waals surface area contributed by atoms with Crippen LogP contribution in [-0.2, 0) is 4.79 Å². The number of hydrogen-bond acceptors (Lipinski definition) is 3. The van der Waals surface area contributed by atoms with Crippen molar-refractivity contribution in [1.29, 1.82) is 0 Å². The molecule has 3 N–H and O–H groups in total. The van der Waals surface area contributed by atoms with Crippen molar-refractivity contribution in [3.8, 4) is 0 Å². The molecule has 5 heteroatoms. The number of benzene rings is 1. The number of aliphatic hydroxyl groups excluding tert-OH is 1. The van der Waals surface area contributed by atoms with Crippen LogP contribution in [0.2, 0.25) is 0 Å². The Morgan fingerprint density at radius 1 is 1.28 bits per heavy atom. The van der Waals surface area contributed by atoms with Crippen LogP contribution < -0.4 is 5.32 Å². The van der Waals surface area contributed by atoms with E-state index in [0.29, 0.717) is 0 Å². The van der Waals surface area contributed by atoms with Crippen LogP contribution in [0.3, 0.4) is 0 Å². The first-order valence-electron chi connectivity index (χ1n) is 8.87. The number of carbonyl (C=O) groups excluding carboxylic acids is 1. The summed E-state index contributed by atoms with van der Waals surface area (Å²) in [7, 11) is 1.00. The average molecular weight is 343 g/mol. The smallest absolute Gasteiger partial charge is 0.230 e. The summed E-state index contributed by atoms with van der Waals surface area (Å²) in [5.41, 5.74) is 4.72. The predicted octanol–water partition coefficient (Wildman–Crippen LogP) is 2.56. The Labute approximate surface area is 149 Å². The van der Waals surface area contributed by atoms with Crippen molar-refractivity contribution in [3.63, 3.8) is 0 Å². The van der Waals surface area contributed by atoms with E-state index in [1.807, 2.05) is 18.7 Å². The highest BCUT2D eigenvalue weighted by atomic mass is 16.2. The Morgan fingerprint density at radius 3 is 2.68 bits per heavy atom. The zero-order valence-corrected chi connectivity index (χ0v) is 15.6. The SMILES string of the molecule is CCN(CC)C(=O)C1C=C(c2cccc3cc(C)[nH]c23)CNC1.CO. The zero-order chi connectivity index (χ0) is 18.4. The number of aryl methyl sites for hydroxylation is 1. The summed E-state index contributed by atoms with van der Waals surface area (Å²) < 4.78 is 0. The van der Waals surface area contributed by atoms with Gasteiger partial charge in [0.05, 0.1) is 11.4 Å². The van der Waals surface area contributed by atoms with Crippen LogP contribution in [-0.4, -0.2) is 54.2 Å². The molecule has 0 saturated heterocycles. The molecular weight excluding hydrogens is 314 g/mol. The van der Waals surface area contributed by atoms with Crippen LogP contribution >= 0.6 is 0 Å². The third-order valence-corrected chi connectivity index (χ3v) is 4.61. The molecular formula is C20H29N3O2. The van der Waals surface area contributed by atoms with Crippen LogP contribution in [0.5, 0.6) is 0 Å². The fraction of sp³-hybridized carbons (Fsp3) is 0.450. The fourth-order valence-corrected chi connectivity index (χ4v) is 3.40. The summed E-state index contributed by atoms with van der Waals surface area (Å²) in [6.45, 7) is 9.19. The Balaban J connectivity index is 0.00000109. The maximum Gasteiger partial charge on any atom is 0.230 e. The number of rotatable bonds is 4. The van der Waals surface area contributed by atoms with Gasteiger partial charge in [0.1, 0.15) is 0 Å². The summed E-state index contributed by atoms with van der Waals surface area (Å²) in [6, 6.07) is 8.50. The number of hydrogen-bond donors (Lipinski definition) is 3. The van der Waals surface area contributed by atoms with Gasteiger partial charge in [-0.1, -0.05) is 24.3 Å². The molecule has 1 aromatic heterocycles. The van der Waals surface area contributed by atoms with Crippen molar-refractivity contribution in [1.82, 2.24) is 15.2 Å². The second-order valence-corrected chi connectivity index (χ2v) is 6.16. The van der Waals surface area contributed by atoms with Gasteiger partial charge in [0.15, 0.2) is 0 Å². The van der Waals surface area contributed by atoms with Crippen molar-refractivity contribution >= 4 is 22.4 Å². The molecule has 1 unspecified atom stereocenters. The molecule has 5 nitrogen and oxygen atoms in total. The number of H-pyrrole nitrogens is 1. The molecule has 1 amide bonds. The van der Waals surface area contributed by atoms with E-state index in [2.05, 4.69) is 47.6 Å². The molecule has 2 heterocycles. The van der Waals surface area contributed by atoms with E-state index in [9.17, 15) is 4.79 Å². The zero-order valence-electron chi connectivity index (χ0n) is 15.6. The first-order chi connectivity index (χ1) is 12.1. The maximum absolute atomic E-state index is 12.6. The van der Waals surface area contributed by atoms with Gasteiger partial charge in [0.2, 0.25) is 5.91 Å². The topological polar surface area (TPSA) is 68.4 Å². The molecule has 1 aliphatic rings. The highest BCUT2D eigenvalue weighted by Crippen LogP contribution is 2.27. The van der Waals surface area contributed by atoms with Gasteiger partial charge in [-0.25, -0.2) is 0 Å². The van der Waals surface area contributed by atoms with Crippen molar-refractivity contribution in [2.75, 3.05) is 33.3 Å². The number of nitrogens with one attached hydrogen (secondary N) is 2. The number of para-hydroxylation sites is 1. The van der Waals surface area contributed by atoms with E-state index < -0.39 is 0 Å². The quantitative estimate of drug-likeness (QED) is 0.799. The highest BCUT2D eigenvalue weighted by Gasteiger charge is 2.24. The molecule has 0 aliphatic carbocycles. The summed E-state index contributed by atoms with van der Waals surface area (Å²) in [5, 5.41) is 11.6. The largest absolute Gasteiger partial charge is 0.400 e. The van der Waals surface area contributed by atoms with Gasteiger partial charge < -0.3 is 20.3 Å². The van der Waals surface area contributed by atoms with Gasteiger partial charge in [-0.2, -0.15) is 0 Å². The molecule has 0 radical (unpaired) electrons. The van der Waals surface area contributed by atoms with Crippen molar-refractivity contribution in [2.45, 2.75) is 20.8 Å². The third kappa shape index (κ3) is 4.11. The standard InChI is InChI=1S/C19H25N3O.CH4O/c1-4-22(5-2)19(23)16-10-15(11-20-12-16)17-8-6-7-14-9-13(3)21-18(14)17;1-2/h6-10,16,20-21H,4-5,11-12H2,1-3H3;2H,1H3. The van der Waals surface area contributed by atoms with Crippen LogP contribution in [0.1, 0.15) is 25.1 Å². The van der Waals surface area contributed by atoms with E-state index in [1.54, 1.807) is 0 Å². The van der Waals surface area contributed by atoms with Gasteiger partial charge in [-0.15, -0.1) is 0 Å². The minimum Gasteiger partial charge on any atom is -0.400 e. The van der Waals surface area contributed by atoms with E-state index in [-0.39, 0.29) is 11.8 Å². The number of fused-ring (bicyclic) bond motifs is 1. The van der Waals surface area contributed by atoms with E-state index in [4.69, 9.17) is 5.11 Å². The van der Waals surface area contributed by atoms with Crippen molar-refractivity contribution in [2.24, 2.45) is 5.92 Å². The van der Waals surface area contributed by atoms with Crippen molar-refractivity contribution in [3.05, 3.63) is 41.6 Å². The van der Waals surface area contributed by atoms with E-state index in [1.165, 1.54) is 16.5 Å². The first kappa shape index (κ1) is 19.2. The minimum atomic E-state index is -0.0787. The second-order valence-electron chi connectivity index (χ2n) is 6.16. The molecule has 2 aromatic rings. The summed E-state index contributed by atoms with van der Waals surface area (Å²) in [4.78, 5) is 18.0. The average Bonchev–Trinajstić information content (AvgIpc) is 3.04. The van der Waals surface area contributed by atoms with Crippen LogP contribution in [0.25, 0.3) is 16.5 Å². The lowest BCUT2D eigenvalue weighted by atomic mass is 9.94. The number of aromatic amines is 1. The minimum absolute atomic E-state index is 0.0787. The Morgan fingerprint density at radius 2 is 2.00 bits per heavy atom. The Bertz CT molecular complexity index is 744. The molecule has 0 spiro atoms. The lowest BCUT2D eigenvalue weighted by Crippen LogP contribution is -2.41. The molecule has 136 valence electrons. The number of amides is 1. The fourth-order valence-electron chi connectivity index (χ4n) is 3.40. The van der Waals surface area contributed by atoms with Crippen LogP contribution in [0, 0.1) is 12.8 Å². The van der Waals surface area contributed by atoms with Gasteiger partial charge in [0, 0.05) is 49.9 Å². The molecule has 0 bridgehead atoms. The Kier molecular flexibility index (Phi) is 6.79. The van der Waals surface area contributed by atoms with E-state index >= 15 is 0 Å². The Hall–Kier alpha value is -2.11. The lowest BCUT2D eigenvalue weighted by Gasteiger charge is -2.27. The normalized spacial score (nSPS) is 16.8. The molecule has 3 rings (SSSR count). The molecule has 0 fully saturated rings. The van der Waals surface area contributed by atoms with E-state index in [0.717, 1.165) is 44.5 Å². The summed E-state index contributed by atoms with van der Waals surface area (Å²) in [6.07, 6.45) is 2.15. The summed E-state index contributed by atoms with van der Waals surface area (Å²) >= 11 is 0. The number of carbonyl (C=O) groups is 1. The molecule has 1 aromatic carbocycles. The molecule has 0 saturated carbocycles. The molecule has 25 heavy (non-hydrogen) atoms. The van der Waals surface area contributed by atoms with Gasteiger partial charge in [-0.3, -0.25) is 4.79 Å².